The number of anilines is 3. The lowest BCUT2D eigenvalue weighted by Gasteiger charge is -2.19. The van der Waals surface area contributed by atoms with Crippen LogP contribution in [0.3, 0.4) is 0 Å². The molecule has 0 aliphatic heterocycles. The van der Waals surface area contributed by atoms with Crippen molar-refractivity contribution in [3.05, 3.63) is 88.4 Å². The van der Waals surface area contributed by atoms with Crippen LogP contribution in [-0.2, 0) is 0 Å². The van der Waals surface area contributed by atoms with Crippen molar-refractivity contribution in [3.8, 4) is 0 Å². The van der Waals surface area contributed by atoms with Crippen LogP contribution >= 0.6 is 23.2 Å². The third kappa shape index (κ3) is 4.32. The van der Waals surface area contributed by atoms with E-state index in [1.807, 2.05) is 61.6 Å². The first-order valence-electron chi connectivity index (χ1n) is 7.69. The van der Waals surface area contributed by atoms with Gasteiger partial charge in [0.05, 0.1) is 0 Å². The summed E-state index contributed by atoms with van der Waals surface area (Å²) in [5.74, 6) is -0.256. The molecule has 0 heterocycles. The Hall–Kier alpha value is -2.49. The van der Waals surface area contributed by atoms with E-state index in [4.69, 9.17) is 23.2 Å². The third-order valence-electron chi connectivity index (χ3n) is 3.78. The molecule has 0 atom stereocenters. The quantitative estimate of drug-likeness (QED) is 0.609. The summed E-state index contributed by atoms with van der Waals surface area (Å²) in [6.07, 6.45) is 0. The maximum absolute atomic E-state index is 12.3. The summed E-state index contributed by atoms with van der Waals surface area (Å²) >= 11 is 11.9. The Bertz CT molecular complexity index is 860. The summed E-state index contributed by atoms with van der Waals surface area (Å²) in [4.78, 5) is 14.4. The molecule has 0 aliphatic carbocycles. The summed E-state index contributed by atoms with van der Waals surface area (Å²) in [7, 11) is 2.00. The highest BCUT2D eigenvalue weighted by Crippen LogP contribution is 2.25. The molecule has 0 aliphatic rings. The van der Waals surface area contributed by atoms with Gasteiger partial charge in [0.15, 0.2) is 0 Å². The van der Waals surface area contributed by atoms with Crippen LogP contribution in [0, 0.1) is 0 Å². The van der Waals surface area contributed by atoms with Gasteiger partial charge in [-0.05, 0) is 54.6 Å². The molecule has 3 aromatic carbocycles. The fourth-order valence-corrected chi connectivity index (χ4v) is 2.98. The zero-order chi connectivity index (χ0) is 17.8. The van der Waals surface area contributed by atoms with Crippen molar-refractivity contribution in [2.75, 3.05) is 17.3 Å². The maximum Gasteiger partial charge on any atom is 0.255 e. The molecular weight excluding hydrogens is 355 g/mol. The number of carbonyl (C=O) groups is 1. The number of carbonyl (C=O) groups excluding carboxylic acids is 1. The molecule has 3 nitrogen and oxygen atoms in total. The Morgan fingerprint density at radius 3 is 2.00 bits per heavy atom. The van der Waals surface area contributed by atoms with Crippen LogP contribution in [0.5, 0.6) is 0 Å². The minimum atomic E-state index is -0.256. The van der Waals surface area contributed by atoms with Gasteiger partial charge in [-0.1, -0.05) is 41.4 Å². The van der Waals surface area contributed by atoms with Gasteiger partial charge in [0, 0.05) is 39.7 Å². The van der Waals surface area contributed by atoms with Gasteiger partial charge in [0.1, 0.15) is 0 Å². The molecule has 1 amide bonds. The highest BCUT2D eigenvalue weighted by molar-refractivity contribution is 6.35. The van der Waals surface area contributed by atoms with Gasteiger partial charge in [-0.3, -0.25) is 4.79 Å². The minimum absolute atomic E-state index is 0.256. The van der Waals surface area contributed by atoms with Crippen LogP contribution in [0.1, 0.15) is 10.4 Å². The normalized spacial score (nSPS) is 10.4. The van der Waals surface area contributed by atoms with Gasteiger partial charge in [-0.2, -0.15) is 0 Å². The van der Waals surface area contributed by atoms with E-state index in [1.54, 1.807) is 18.2 Å². The van der Waals surface area contributed by atoms with E-state index in [1.165, 1.54) is 0 Å². The second-order valence-electron chi connectivity index (χ2n) is 5.55. The molecule has 0 unspecified atom stereocenters. The predicted molar refractivity (Wildman–Crippen MR) is 105 cm³/mol. The average molecular weight is 371 g/mol. The number of rotatable bonds is 4. The van der Waals surface area contributed by atoms with Gasteiger partial charge in [0.25, 0.3) is 5.91 Å². The number of halogens is 2. The first-order chi connectivity index (χ1) is 12.0. The number of hydrogen-bond donors (Lipinski definition) is 1. The monoisotopic (exact) mass is 370 g/mol. The third-order valence-corrected chi connectivity index (χ3v) is 4.22. The van der Waals surface area contributed by atoms with E-state index in [9.17, 15) is 4.79 Å². The van der Waals surface area contributed by atoms with Gasteiger partial charge < -0.3 is 10.2 Å². The fraction of sp³-hybridized carbons (Fsp3) is 0.0500. The summed E-state index contributed by atoms with van der Waals surface area (Å²) in [5.41, 5.74) is 3.23. The van der Waals surface area contributed by atoms with Gasteiger partial charge in [0.2, 0.25) is 0 Å². The highest BCUT2D eigenvalue weighted by Gasteiger charge is 2.09. The predicted octanol–water partition coefficient (Wildman–Crippen LogP) is 6.01. The number of hydrogen-bond acceptors (Lipinski definition) is 2. The molecule has 0 radical (unpaired) electrons. The van der Waals surface area contributed by atoms with E-state index in [2.05, 4.69) is 10.2 Å². The zero-order valence-electron chi connectivity index (χ0n) is 13.5. The highest BCUT2D eigenvalue weighted by atomic mass is 35.5. The summed E-state index contributed by atoms with van der Waals surface area (Å²) < 4.78 is 0. The van der Waals surface area contributed by atoms with Gasteiger partial charge >= 0.3 is 0 Å². The van der Waals surface area contributed by atoms with Gasteiger partial charge in [-0.25, -0.2) is 0 Å². The van der Waals surface area contributed by atoms with Crippen molar-refractivity contribution in [2.24, 2.45) is 0 Å². The topological polar surface area (TPSA) is 32.3 Å². The molecule has 3 aromatic rings. The number of para-hydroxylation sites is 1. The molecule has 0 saturated heterocycles. The van der Waals surface area contributed by atoms with Crippen LogP contribution in [0.4, 0.5) is 17.1 Å². The first kappa shape index (κ1) is 17.3. The summed E-state index contributed by atoms with van der Waals surface area (Å²) in [6, 6.07) is 22.4. The molecule has 0 spiro atoms. The van der Waals surface area contributed by atoms with Crippen molar-refractivity contribution in [2.45, 2.75) is 0 Å². The molecule has 126 valence electrons. The first-order valence-corrected chi connectivity index (χ1v) is 8.45. The largest absolute Gasteiger partial charge is 0.345 e. The van der Waals surface area contributed by atoms with Crippen LogP contribution in [0.15, 0.2) is 72.8 Å². The van der Waals surface area contributed by atoms with Crippen LogP contribution in [0.25, 0.3) is 0 Å². The molecule has 3 rings (SSSR count). The number of nitrogens with zero attached hydrogens (tertiary/aromatic N) is 1. The van der Waals surface area contributed by atoms with Crippen molar-refractivity contribution in [3.63, 3.8) is 0 Å². The summed E-state index contributed by atoms with van der Waals surface area (Å²) in [5, 5.41) is 3.70. The van der Waals surface area contributed by atoms with Gasteiger partial charge in [-0.15, -0.1) is 0 Å². The molecule has 25 heavy (non-hydrogen) atoms. The lowest BCUT2D eigenvalue weighted by atomic mass is 10.2. The zero-order valence-corrected chi connectivity index (χ0v) is 15.1. The molecule has 0 aromatic heterocycles. The molecule has 0 bridgehead atoms. The second-order valence-corrected chi connectivity index (χ2v) is 6.43. The van der Waals surface area contributed by atoms with E-state index >= 15 is 0 Å². The molecular formula is C20H16Cl2N2O. The lowest BCUT2D eigenvalue weighted by Crippen LogP contribution is -2.12. The Balaban J connectivity index is 1.73. The van der Waals surface area contributed by atoms with E-state index in [0.717, 1.165) is 11.4 Å². The van der Waals surface area contributed by atoms with E-state index < -0.39 is 0 Å². The second kappa shape index (κ2) is 7.60. The average Bonchev–Trinajstić information content (AvgIpc) is 2.61. The van der Waals surface area contributed by atoms with Crippen LogP contribution in [0.2, 0.25) is 10.0 Å². The number of nitrogens with one attached hydrogen (secondary N) is 1. The molecule has 0 saturated carbocycles. The number of benzene rings is 3. The summed E-state index contributed by atoms with van der Waals surface area (Å²) in [6.45, 7) is 0. The smallest absolute Gasteiger partial charge is 0.255 e. The van der Waals surface area contributed by atoms with Crippen molar-refractivity contribution in [1.82, 2.24) is 0 Å². The Labute approximate surface area is 156 Å². The SMILES string of the molecule is CN(c1ccccc1)c1ccc(NC(=O)c2cc(Cl)cc(Cl)c2)cc1. The van der Waals surface area contributed by atoms with Crippen LogP contribution in [-0.4, -0.2) is 13.0 Å². The Morgan fingerprint density at radius 1 is 0.840 bits per heavy atom. The molecule has 1 N–H and O–H groups in total. The fourth-order valence-electron chi connectivity index (χ4n) is 2.46. The molecule has 5 heteroatoms. The van der Waals surface area contributed by atoms with Crippen molar-refractivity contribution < 1.29 is 4.79 Å². The maximum atomic E-state index is 12.3. The van der Waals surface area contributed by atoms with E-state index in [0.29, 0.717) is 21.3 Å². The Morgan fingerprint density at radius 2 is 1.40 bits per heavy atom. The Kier molecular flexibility index (Phi) is 5.27. The number of amides is 1. The standard InChI is InChI=1S/C20H16Cl2N2O/c1-24(18-5-3-2-4-6-18)19-9-7-17(8-10-19)23-20(25)14-11-15(21)13-16(22)12-14/h2-13H,1H3,(H,23,25). The van der Waals surface area contributed by atoms with Crippen LogP contribution < -0.4 is 10.2 Å². The van der Waals surface area contributed by atoms with Crippen molar-refractivity contribution in [1.29, 1.82) is 0 Å². The van der Waals surface area contributed by atoms with Crippen molar-refractivity contribution >= 4 is 46.2 Å². The van der Waals surface area contributed by atoms with E-state index in [-0.39, 0.29) is 5.91 Å². The lowest BCUT2D eigenvalue weighted by molar-refractivity contribution is 0.102. The minimum Gasteiger partial charge on any atom is -0.345 e. The molecule has 0 fully saturated rings.